The predicted molar refractivity (Wildman–Crippen MR) is 57.6 cm³/mol. The molecule has 86 valence electrons. The largest absolute Gasteiger partial charge is 0.379 e. The van der Waals surface area contributed by atoms with E-state index in [4.69, 9.17) is 4.74 Å². The minimum Gasteiger partial charge on any atom is -0.379 e. The molecule has 2 rings (SSSR count). The Hall–Kier alpha value is -0.610. The van der Waals surface area contributed by atoms with Gasteiger partial charge in [0.15, 0.2) is 0 Å². The third-order valence-corrected chi connectivity index (χ3v) is 3.62. The Labute approximate surface area is 91.0 Å². The summed E-state index contributed by atoms with van der Waals surface area (Å²) in [5.41, 5.74) is -0.0685. The fraction of sp³-hybridized carbons (Fsp3) is 0.909. The number of hydrogen-bond donors (Lipinski definition) is 1. The molecule has 2 aliphatic rings. The van der Waals surface area contributed by atoms with E-state index in [1.807, 2.05) is 11.9 Å². The minimum absolute atomic E-state index is 0.0174. The molecule has 1 amide bonds. The molecular weight excluding hydrogens is 192 g/mol. The van der Waals surface area contributed by atoms with Gasteiger partial charge in [-0.1, -0.05) is 0 Å². The monoisotopic (exact) mass is 212 g/mol. The van der Waals surface area contributed by atoms with Crippen molar-refractivity contribution in [2.24, 2.45) is 0 Å². The second kappa shape index (κ2) is 4.10. The van der Waals surface area contributed by atoms with Gasteiger partial charge in [-0.3, -0.25) is 4.79 Å². The molecular formula is C11H20N2O2. The number of amides is 1. The molecule has 0 saturated carbocycles. The van der Waals surface area contributed by atoms with Crippen molar-refractivity contribution in [1.82, 2.24) is 10.2 Å². The van der Waals surface area contributed by atoms with Crippen molar-refractivity contribution in [3.05, 3.63) is 0 Å². The summed E-state index contributed by atoms with van der Waals surface area (Å²) in [6.07, 6.45) is 3.05. The van der Waals surface area contributed by atoms with E-state index in [9.17, 15) is 4.79 Å². The molecule has 2 atom stereocenters. The summed E-state index contributed by atoms with van der Waals surface area (Å²) in [4.78, 5) is 14.1. The van der Waals surface area contributed by atoms with E-state index in [1.165, 1.54) is 0 Å². The maximum absolute atomic E-state index is 12.0. The summed E-state index contributed by atoms with van der Waals surface area (Å²) in [6.45, 7) is 4.54. The van der Waals surface area contributed by atoms with E-state index in [1.54, 1.807) is 0 Å². The topological polar surface area (TPSA) is 41.6 Å². The highest BCUT2D eigenvalue weighted by Gasteiger charge is 2.42. The molecule has 2 aliphatic heterocycles. The zero-order valence-electron chi connectivity index (χ0n) is 9.58. The van der Waals surface area contributed by atoms with Crippen LogP contribution >= 0.6 is 0 Å². The Morgan fingerprint density at radius 1 is 1.60 bits per heavy atom. The van der Waals surface area contributed by atoms with E-state index >= 15 is 0 Å². The van der Waals surface area contributed by atoms with Gasteiger partial charge in [0.1, 0.15) is 0 Å². The SMILES string of the molecule is CNC1CCN(C2(C)CCCOC2)C1=O. The molecule has 0 aromatic carbocycles. The first-order valence-corrected chi connectivity index (χ1v) is 5.74. The minimum atomic E-state index is -0.0685. The van der Waals surface area contributed by atoms with Gasteiger partial charge in [-0.05, 0) is 33.2 Å². The van der Waals surface area contributed by atoms with Crippen LogP contribution in [0.4, 0.5) is 0 Å². The maximum Gasteiger partial charge on any atom is 0.240 e. The van der Waals surface area contributed by atoms with Crippen LogP contribution in [0.25, 0.3) is 0 Å². The van der Waals surface area contributed by atoms with Crippen molar-refractivity contribution in [3.8, 4) is 0 Å². The van der Waals surface area contributed by atoms with Crippen LogP contribution in [0.3, 0.4) is 0 Å². The van der Waals surface area contributed by atoms with Gasteiger partial charge in [0.25, 0.3) is 0 Å². The summed E-state index contributed by atoms with van der Waals surface area (Å²) in [6, 6.07) is 0.0174. The van der Waals surface area contributed by atoms with Gasteiger partial charge in [-0.25, -0.2) is 0 Å². The van der Waals surface area contributed by atoms with Crippen LogP contribution in [0.2, 0.25) is 0 Å². The fourth-order valence-electron chi connectivity index (χ4n) is 2.62. The second-order valence-corrected chi connectivity index (χ2v) is 4.77. The molecule has 0 radical (unpaired) electrons. The molecule has 4 heteroatoms. The molecule has 0 aromatic heterocycles. The zero-order valence-corrected chi connectivity index (χ0v) is 9.58. The van der Waals surface area contributed by atoms with Crippen LogP contribution in [0, 0.1) is 0 Å². The lowest BCUT2D eigenvalue weighted by molar-refractivity contribution is -0.139. The van der Waals surface area contributed by atoms with E-state index in [0.29, 0.717) is 6.61 Å². The van der Waals surface area contributed by atoms with Crippen LogP contribution in [0.15, 0.2) is 0 Å². The number of nitrogens with zero attached hydrogens (tertiary/aromatic N) is 1. The third kappa shape index (κ3) is 1.88. The number of rotatable bonds is 2. The van der Waals surface area contributed by atoms with Gasteiger partial charge in [-0.15, -0.1) is 0 Å². The molecule has 0 spiro atoms. The number of likely N-dealkylation sites (tertiary alicyclic amines) is 1. The first-order chi connectivity index (χ1) is 7.17. The molecule has 4 nitrogen and oxygen atoms in total. The molecule has 2 fully saturated rings. The Morgan fingerprint density at radius 3 is 2.93 bits per heavy atom. The molecule has 1 N–H and O–H groups in total. The van der Waals surface area contributed by atoms with Gasteiger partial charge in [0, 0.05) is 13.2 Å². The quantitative estimate of drug-likeness (QED) is 0.719. The predicted octanol–water partition coefficient (Wildman–Crippen LogP) is 0.376. The van der Waals surface area contributed by atoms with Crippen molar-refractivity contribution in [2.45, 2.75) is 37.8 Å². The van der Waals surface area contributed by atoms with Gasteiger partial charge >= 0.3 is 0 Å². The van der Waals surface area contributed by atoms with Crippen LogP contribution in [-0.2, 0) is 9.53 Å². The van der Waals surface area contributed by atoms with Crippen LogP contribution < -0.4 is 5.32 Å². The Balaban J connectivity index is 2.07. The van der Waals surface area contributed by atoms with Crippen molar-refractivity contribution in [1.29, 1.82) is 0 Å². The van der Waals surface area contributed by atoms with Gasteiger partial charge < -0.3 is 15.0 Å². The molecule has 2 heterocycles. The van der Waals surface area contributed by atoms with Crippen LogP contribution in [0.1, 0.15) is 26.2 Å². The third-order valence-electron chi connectivity index (χ3n) is 3.62. The number of carbonyl (C=O) groups is 1. The molecule has 15 heavy (non-hydrogen) atoms. The van der Waals surface area contributed by atoms with Crippen LogP contribution in [0.5, 0.6) is 0 Å². The summed E-state index contributed by atoms with van der Waals surface area (Å²) < 4.78 is 5.50. The van der Waals surface area contributed by atoms with Crippen LogP contribution in [-0.4, -0.2) is 49.2 Å². The zero-order chi connectivity index (χ0) is 10.9. The highest BCUT2D eigenvalue weighted by Crippen LogP contribution is 2.29. The number of hydrogen-bond acceptors (Lipinski definition) is 3. The lowest BCUT2D eigenvalue weighted by Gasteiger charge is -2.41. The highest BCUT2D eigenvalue weighted by atomic mass is 16.5. The van der Waals surface area contributed by atoms with E-state index < -0.39 is 0 Å². The average Bonchev–Trinajstić information content (AvgIpc) is 2.61. The summed E-state index contributed by atoms with van der Waals surface area (Å²) in [5, 5.41) is 3.07. The van der Waals surface area contributed by atoms with E-state index in [0.717, 1.165) is 32.4 Å². The van der Waals surface area contributed by atoms with E-state index in [2.05, 4.69) is 12.2 Å². The van der Waals surface area contributed by atoms with Crippen molar-refractivity contribution >= 4 is 5.91 Å². The molecule has 2 unspecified atom stereocenters. The Bertz CT molecular complexity index is 249. The fourth-order valence-corrected chi connectivity index (χ4v) is 2.62. The number of likely N-dealkylation sites (N-methyl/N-ethyl adjacent to an activating group) is 1. The van der Waals surface area contributed by atoms with Crippen molar-refractivity contribution in [3.63, 3.8) is 0 Å². The summed E-state index contributed by atoms with van der Waals surface area (Å²) in [5.74, 6) is 0.241. The first kappa shape index (κ1) is 10.9. The van der Waals surface area contributed by atoms with Crippen molar-refractivity contribution < 1.29 is 9.53 Å². The molecule has 0 bridgehead atoms. The number of carbonyl (C=O) groups excluding carboxylic acids is 1. The molecule has 2 saturated heterocycles. The summed E-state index contributed by atoms with van der Waals surface area (Å²) >= 11 is 0. The van der Waals surface area contributed by atoms with Gasteiger partial charge in [0.2, 0.25) is 5.91 Å². The Kier molecular flexibility index (Phi) is 2.98. The second-order valence-electron chi connectivity index (χ2n) is 4.77. The smallest absolute Gasteiger partial charge is 0.240 e. The maximum atomic E-state index is 12.0. The van der Waals surface area contributed by atoms with Gasteiger partial charge in [0.05, 0.1) is 18.2 Å². The summed E-state index contributed by atoms with van der Waals surface area (Å²) in [7, 11) is 1.85. The standard InChI is InChI=1S/C11H20N2O2/c1-11(5-3-7-15-8-11)13-6-4-9(12-2)10(13)14/h9,12H,3-8H2,1-2H3. The average molecular weight is 212 g/mol. The van der Waals surface area contributed by atoms with Crippen molar-refractivity contribution in [2.75, 3.05) is 26.8 Å². The Morgan fingerprint density at radius 2 is 2.40 bits per heavy atom. The molecule has 0 aliphatic carbocycles. The first-order valence-electron chi connectivity index (χ1n) is 5.74. The lowest BCUT2D eigenvalue weighted by Crippen LogP contribution is -2.54. The highest BCUT2D eigenvalue weighted by molar-refractivity contribution is 5.84. The molecule has 0 aromatic rings. The lowest BCUT2D eigenvalue weighted by atomic mass is 9.93. The van der Waals surface area contributed by atoms with Gasteiger partial charge in [-0.2, -0.15) is 0 Å². The normalized spacial score (nSPS) is 37.3. The van der Waals surface area contributed by atoms with E-state index in [-0.39, 0.29) is 17.5 Å². The number of ether oxygens (including phenoxy) is 1. The number of nitrogens with one attached hydrogen (secondary N) is 1.